The number of ether oxygens (including phenoxy) is 1. The third-order valence-electron chi connectivity index (χ3n) is 4.56. The van der Waals surface area contributed by atoms with E-state index in [0.717, 1.165) is 48.8 Å². The molecule has 1 aliphatic rings. The minimum absolute atomic E-state index is 0.288. The third-order valence-corrected chi connectivity index (χ3v) is 4.56. The van der Waals surface area contributed by atoms with Gasteiger partial charge in [-0.25, -0.2) is 9.97 Å². The number of aromatic nitrogens is 4. The van der Waals surface area contributed by atoms with Crippen molar-refractivity contribution in [3.63, 3.8) is 0 Å². The van der Waals surface area contributed by atoms with Gasteiger partial charge in [-0.3, -0.25) is 0 Å². The summed E-state index contributed by atoms with van der Waals surface area (Å²) in [5.74, 6) is 1.87. The second-order valence-corrected chi connectivity index (χ2v) is 6.06. The van der Waals surface area contributed by atoms with Gasteiger partial charge in [0.2, 0.25) is 0 Å². The fraction of sp³-hybridized carbons (Fsp3) is 0.444. The van der Waals surface area contributed by atoms with Crippen molar-refractivity contribution in [2.75, 3.05) is 6.61 Å². The molecule has 0 radical (unpaired) electrons. The fourth-order valence-electron chi connectivity index (χ4n) is 3.40. The van der Waals surface area contributed by atoms with Crippen molar-refractivity contribution < 1.29 is 4.74 Å². The molecular weight excluding hydrogens is 288 g/mol. The molecular formula is C18H22N4O. The van der Waals surface area contributed by atoms with Crippen molar-refractivity contribution in [3.8, 4) is 11.6 Å². The summed E-state index contributed by atoms with van der Waals surface area (Å²) < 4.78 is 10.3. The number of hydrogen-bond donors (Lipinski definition) is 0. The molecule has 120 valence electrons. The first kappa shape index (κ1) is 14.5. The van der Waals surface area contributed by atoms with Gasteiger partial charge in [0.15, 0.2) is 11.6 Å². The van der Waals surface area contributed by atoms with Crippen LogP contribution in [0.15, 0.2) is 36.7 Å². The average molecular weight is 310 g/mol. The number of rotatable bonds is 4. The molecule has 0 N–H and O–H groups in total. The zero-order valence-corrected chi connectivity index (χ0v) is 13.5. The lowest BCUT2D eigenvalue weighted by atomic mass is 10.1. The quantitative estimate of drug-likeness (QED) is 0.741. The highest BCUT2D eigenvalue weighted by Crippen LogP contribution is 2.25. The van der Waals surface area contributed by atoms with Crippen molar-refractivity contribution in [2.24, 2.45) is 0 Å². The second kappa shape index (κ2) is 6.16. The van der Waals surface area contributed by atoms with Crippen molar-refractivity contribution in [1.82, 2.24) is 19.1 Å². The molecule has 5 nitrogen and oxygen atoms in total. The van der Waals surface area contributed by atoms with E-state index in [1.807, 2.05) is 18.5 Å². The standard InChI is InChI=1S/C18H22N4O/c1-2-22-16-9-4-3-8-15(16)20-18(22)17-19-10-11-21(17)13-14-7-5-6-12-23-14/h3-4,8-11,14H,2,5-7,12-13H2,1H3/t14-/m1/s1. The van der Waals surface area contributed by atoms with Gasteiger partial charge in [0, 0.05) is 25.5 Å². The third kappa shape index (κ3) is 2.65. The first-order valence-corrected chi connectivity index (χ1v) is 8.45. The number of para-hydroxylation sites is 2. The van der Waals surface area contributed by atoms with E-state index in [1.165, 1.54) is 12.8 Å². The number of benzene rings is 1. The maximum absolute atomic E-state index is 5.88. The smallest absolute Gasteiger partial charge is 0.177 e. The molecule has 0 saturated carbocycles. The molecule has 2 aromatic heterocycles. The summed E-state index contributed by atoms with van der Waals surface area (Å²) in [5.41, 5.74) is 2.18. The Morgan fingerprint density at radius 1 is 1.22 bits per heavy atom. The van der Waals surface area contributed by atoms with Crippen LogP contribution in [0.4, 0.5) is 0 Å². The monoisotopic (exact) mass is 310 g/mol. The second-order valence-electron chi connectivity index (χ2n) is 6.06. The molecule has 3 heterocycles. The Morgan fingerprint density at radius 3 is 2.96 bits per heavy atom. The summed E-state index contributed by atoms with van der Waals surface area (Å²) >= 11 is 0. The lowest BCUT2D eigenvalue weighted by Gasteiger charge is -2.23. The van der Waals surface area contributed by atoms with E-state index in [4.69, 9.17) is 9.72 Å². The highest BCUT2D eigenvalue weighted by molar-refractivity contribution is 5.79. The molecule has 1 atom stereocenters. The molecule has 0 spiro atoms. The fourth-order valence-corrected chi connectivity index (χ4v) is 3.40. The molecule has 1 aliphatic heterocycles. The highest BCUT2D eigenvalue weighted by atomic mass is 16.5. The molecule has 1 aromatic carbocycles. The van der Waals surface area contributed by atoms with Gasteiger partial charge in [0.05, 0.1) is 23.7 Å². The van der Waals surface area contributed by atoms with Crippen molar-refractivity contribution in [3.05, 3.63) is 36.7 Å². The Kier molecular flexibility index (Phi) is 3.87. The molecule has 3 aromatic rings. The largest absolute Gasteiger partial charge is 0.376 e. The van der Waals surface area contributed by atoms with Gasteiger partial charge in [0.25, 0.3) is 0 Å². The molecule has 1 saturated heterocycles. The molecule has 4 rings (SSSR count). The predicted molar refractivity (Wildman–Crippen MR) is 90.2 cm³/mol. The summed E-state index contributed by atoms with van der Waals surface area (Å²) in [5, 5.41) is 0. The molecule has 5 heteroatoms. The van der Waals surface area contributed by atoms with Gasteiger partial charge in [-0.1, -0.05) is 12.1 Å². The van der Waals surface area contributed by atoms with Gasteiger partial charge in [-0.05, 0) is 38.3 Å². The van der Waals surface area contributed by atoms with Crippen molar-refractivity contribution in [2.45, 2.75) is 45.4 Å². The van der Waals surface area contributed by atoms with Crippen LogP contribution < -0.4 is 0 Å². The van der Waals surface area contributed by atoms with Crippen molar-refractivity contribution in [1.29, 1.82) is 0 Å². The van der Waals surface area contributed by atoms with E-state index < -0.39 is 0 Å². The zero-order valence-electron chi connectivity index (χ0n) is 13.5. The lowest BCUT2D eigenvalue weighted by Crippen LogP contribution is -2.24. The van der Waals surface area contributed by atoms with Gasteiger partial charge < -0.3 is 13.9 Å². The molecule has 0 amide bonds. The van der Waals surface area contributed by atoms with E-state index in [1.54, 1.807) is 0 Å². The number of imidazole rings is 2. The van der Waals surface area contributed by atoms with Gasteiger partial charge in [-0.15, -0.1) is 0 Å². The van der Waals surface area contributed by atoms with E-state index in [2.05, 4.69) is 39.2 Å². The Bertz CT molecular complexity index is 798. The Balaban J connectivity index is 1.72. The Morgan fingerprint density at radius 2 is 2.13 bits per heavy atom. The molecule has 1 fully saturated rings. The zero-order chi connectivity index (χ0) is 15.6. The maximum atomic E-state index is 5.88. The van der Waals surface area contributed by atoms with Crippen LogP contribution in [0.1, 0.15) is 26.2 Å². The lowest BCUT2D eigenvalue weighted by molar-refractivity contribution is 0.00622. The first-order chi connectivity index (χ1) is 11.4. The first-order valence-electron chi connectivity index (χ1n) is 8.45. The number of fused-ring (bicyclic) bond motifs is 1. The maximum Gasteiger partial charge on any atom is 0.177 e. The van der Waals surface area contributed by atoms with E-state index >= 15 is 0 Å². The summed E-state index contributed by atoms with van der Waals surface area (Å²) in [6.45, 7) is 4.75. The topological polar surface area (TPSA) is 44.9 Å². The molecule has 0 aliphatic carbocycles. The highest BCUT2D eigenvalue weighted by Gasteiger charge is 2.19. The summed E-state index contributed by atoms with van der Waals surface area (Å²) in [6, 6.07) is 8.26. The number of nitrogens with zero attached hydrogens (tertiary/aromatic N) is 4. The van der Waals surface area contributed by atoms with Crippen LogP contribution in [-0.4, -0.2) is 31.8 Å². The van der Waals surface area contributed by atoms with Crippen LogP contribution in [0.25, 0.3) is 22.7 Å². The molecule has 0 bridgehead atoms. The SMILES string of the molecule is CCn1c(-c2nccn2C[C@H]2CCCCO2)nc2ccccc21. The van der Waals surface area contributed by atoms with Gasteiger partial charge in [0.1, 0.15) is 0 Å². The van der Waals surface area contributed by atoms with Crippen molar-refractivity contribution >= 4 is 11.0 Å². The molecule has 0 unspecified atom stereocenters. The average Bonchev–Trinajstić information content (AvgIpc) is 3.19. The van der Waals surface area contributed by atoms with Crippen LogP contribution in [0.2, 0.25) is 0 Å². The summed E-state index contributed by atoms with van der Waals surface area (Å²) in [7, 11) is 0. The van der Waals surface area contributed by atoms with Crippen LogP contribution in [-0.2, 0) is 17.8 Å². The number of aryl methyl sites for hydroxylation is 1. The van der Waals surface area contributed by atoms with E-state index in [-0.39, 0.29) is 6.10 Å². The summed E-state index contributed by atoms with van der Waals surface area (Å²) in [4.78, 5) is 9.40. The van der Waals surface area contributed by atoms with Gasteiger partial charge in [-0.2, -0.15) is 0 Å². The van der Waals surface area contributed by atoms with Crippen LogP contribution in [0, 0.1) is 0 Å². The van der Waals surface area contributed by atoms with E-state index in [0.29, 0.717) is 0 Å². The summed E-state index contributed by atoms with van der Waals surface area (Å²) in [6.07, 6.45) is 7.74. The van der Waals surface area contributed by atoms with Gasteiger partial charge >= 0.3 is 0 Å². The normalized spacial score (nSPS) is 18.6. The predicted octanol–water partition coefficient (Wildman–Crippen LogP) is 3.49. The molecule has 23 heavy (non-hydrogen) atoms. The van der Waals surface area contributed by atoms with Crippen LogP contribution in [0.5, 0.6) is 0 Å². The minimum Gasteiger partial charge on any atom is -0.376 e. The van der Waals surface area contributed by atoms with Crippen LogP contribution in [0.3, 0.4) is 0 Å². The van der Waals surface area contributed by atoms with Crippen LogP contribution >= 0.6 is 0 Å². The minimum atomic E-state index is 0.288. The van der Waals surface area contributed by atoms with E-state index in [9.17, 15) is 0 Å². The Hall–Kier alpha value is -2.14. The Labute approximate surface area is 135 Å². The number of hydrogen-bond acceptors (Lipinski definition) is 3.